The molecule has 0 saturated heterocycles. The molecule has 0 radical (unpaired) electrons. The van der Waals surface area contributed by atoms with Crippen molar-refractivity contribution in [1.82, 2.24) is 5.32 Å². The molecule has 0 heterocycles. The summed E-state index contributed by atoms with van der Waals surface area (Å²) in [5, 5.41) is 25.4. The normalized spacial score (nSPS) is 10.1. The summed E-state index contributed by atoms with van der Waals surface area (Å²) in [6, 6.07) is 8.61. The first kappa shape index (κ1) is 17.8. The van der Waals surface area contributed by atoms with Crippen LogP contribution in [0.25, 0.3) is 0 Å². The van der Waals surface area contributed by atoms with E-state index in [-0.39, 0.29) is 22.2 Å². The molecule has 0 spiro atoms. The standard InChI is InChI=1S/C15H12BrN3O4S/c1-8-2-3-9(6-11(8)16)14(21)18-15(24)17-12-5-4-10(19(22)23)7-13(12)20/h2-7,20H,1H3,(H2,17,18,21,24). The molecule has 24 heavy (non-hydrogen) atoms. The number of thiocarbonyl (C=S) groups is 1. The molecule has 2 aromatic carbocycles. The molecule has 0 atom stereocenters. The molecular weight excluding hydrogens is 398 g/mol. The highest BCUT2D eigenvalue weighted by Gasteiger charge is 2.13. The molecule has 1 amide bonds. The van der Waals surface area contributed by atoms with Crippen molar-refractivity contribution in [3.63, 3.8) is 0 Å². The summed E-state index contributed by atoms with van der Waals surface area (Å²) in [6.07, 6.45) is 0. The minimum Gasteiger partial charge on any atom is -0.506 e. The maximum Gasteiger partial charge on any atom is 0.273 e. The summed E-state index contributed by atoms with van der Waals surface area (Å²) in [5.41, 5.74) is 1.29. The molecular formula is C15H12BrN3O4S. The summed E-state index contributed by atoms with van der Waals surface area (Å²) in [6.45, 7) is 1.90. The van der Waals surface area contributed by atoms with Crippen LogP contribution in [-0.2, 0) is 0 Å². The van der Waals surface area contributed by atoms with Crippen LogP contribution in [0.1, 0.15) is 15.9 Å². The third kappa shape index (κ3) is 4.27. The molecule has 0 aliphatic rings. The van der Waals surface area contributed by atoms with Crippen molar-refractivity contribution in [2.45, 2.75) is 6.92 Å². The maximum absolute atomic E-state index is 12.1. The van der Waals surface area contributed by atoms with Gasteiger partial charge in [-0.25, -0.2) is 0 Å². The van der Waals surface area contributed by atoms with Gasteiger partial charge in [0.1, 0.15) is 5.75 Å². The molecule has 124 valence electrons. The Morgan fingerprint density at radius 3 is 2.58 bits per heavy atom. The zero-order valence-electron chi connectivity index (χ0n) is 12.4. The van der Waals surface area contributed by atoms with Gasteiger partial charge >= 0.3 is 0 Å². The average molecular weight is 410 g/mol. The van der Waals surface area contributed by atoms with Gasteiger partial charge < -0.3 is 10.4 Å². The quantitative estimate of drug-likeness (QED) is 0.310. The van der Waals surface area contributed by atoms with E-state index in [1.54, 1.807) is 18.2 Å². The molecule has 0 fully saturated rings. The van der Waals surface area contributed by atoms with Crippen LogP contribution < -0.4 is 10.6 Å². The molecule has 2 rings (SSSR count). The first-order chi connectivity index (χ1) is 11.3. The fraction of sp³-hybridized carbons (Fsp3) is 0.0667. The lowest BCUT2D eigenvalue weighted by molar-refractivity contribution is -0.384. The monoisotopic (exact) mass is 409 g/mol. The largest absolute Gasteiger partial charge is 0.506 e. The van der Waals surface area contributed by atoms with Crippen LogP contribution in [0.5, 0.6) is 5.75 Å². The third-order valence-corrected chi connectivity index (χ3v) is 4.16. The lowest BCUT2D eigenvalue weighted by Crippen LogP contribution is -2.34. The van der Waals surface area contributed by atoms with E-state index in [4.69, 9.17) is 12.2 Å². The van der Waals surface area contributed by atoms with Crippen molar-refractivity contribution in [2.75, 3.05) is 5.32 Å². The van der Waals surface area contributed by atoms with Gasteiger partial charge in [0.25, 0.3) is 11.6 Å². The predicted octanol–water partition coefficient (Wildman–Crippen LogP) is 3.50. The van der Waals surface area contributed by atoms with Gasteiger partial charge in [-0.1, -0.05) is 22.0 Å². The Morgan fingerprint density at radius 1 is 1.29 bits per heavy atom. The molecule has 0 saturated carbocycles. The number of nitro benzene ring substituents is 1. The number of non-ortho nitro benzene ring substituents is 1. The maximum atomic E-state index is 12.1. The second-order valence-electron chi connectivity index (χ2n) is 4.83. The van der Waals surface area contributed by atoms with Gasteiger partial charge in [0.05, 0.1) is 16.7 Å². The average Bonchev–Trinajstić information content (AvgIpc) is 2.51. The van der Waals surface area contributed by atoms with E-state index in [1.165, 1.54) is 12.1 Å². The zero-order valence-corrected chi connectivity index (χ0v) is 14.8. The number of rotatable bonds is 3. The van der Waals surface area contributed by atoms with Gasteiger partial charge in [-0.05, 0) is 42.9 Å². The summed E-state index contributed by atoms with van der Waals surface area (Å²) >= 11 is 8.36. The first-order valence-electron chi connectivity index (χ1n) is 6.64. The number of hydrogen-bond acceptors (Lipinski definition) is 5. The Morgan fingerprint density at radius 2 is 2.00 bits per heavy atom. The highest BCUT2D eigenvalue weighted by atomic mass is 79.9. The summed E-state index contributed by atoms with van der Waals surface area (Å²) in [7, 11) is 0. The highest BCUT2D eigenvalue weighted by molar-refractivity contribution is 9.10. The van der Waals surface area contributed by atoms with Crippen LogP contribution in [0.2, 0.25) is 0 Å². The van der Waals surface area contributed by atoms with E-state index < -0.39 is 10.8 Å². The SMILES string of the molecule is Cc1ccc(C(=O)NC(=S)Nc2ccc([N+](=O)[O-])cc2O)cc1Br. The van der Waals surface area contributed by atoms with E-state index in [0.29, 0.717) is 5.56 Å². The fourth-order valence-electron chi connectivity index (χ4n) is 1.80. The minimum atomic E-state index is -0.626. The van der Waals surface area contributed by atoms with Crippen molar-refractivity contribution >= 4 is 50.5 Å². The van der Waals surface area contributed by atoms with E-state index in [2.05, 4.69) is 26.6 Å². The predicted molar refractivity (Wildman–Crippen MR) is 97.3 cm³/mol. The molecule has 3 N–H and O–H groups in total. The topological polar surface area (TPSA) is 104 Å². The molecule has 0 aliphatic heterocycles. The Labute approximate surface area is 151 Å². The van der Waals surface area contributed by atoms with Crippen molar-refractivity contribution in [3.8, 4) is 5.75 Å². The van der Waals surface area contributed by atoms with Crippen LogP contribution in [0.4, 0.5) is 11.4 Å². The second kappa shape index (κ2) is 7.37. The van der Waals surface area contributed by atoms with E-state index in [0.717, 1.165) is 16.1 Å². The molecule has 9 heteroatoms. The van der Waals surface area contributed by atoms with Gasteiger partial charge in [0.2, 0.25) is 0 Å². The van der Waals surface area contributed by atoms with Crippen LogP contribution in [0, 0.1) is 17.0 Å². The minimum absolute atomic E-state index is 0.0409. The van der Waals surface area contributed by atoms with Crippen molar-refractivity contribution in [1.29, 1.82) is 0 Å². The smallest absolute Gasteiger partial charge is 0.273 e. The second-order valence-corrected chi connectivity index (χ2v) is 6.09. The summed E-state index contributed by atoms with van der Waals surface area (Å²) in [5.74, 6) is -0.770. The number of phenols is 1. The summed E-state index contributed by atoms with van der Waals surface area (Å²) in [4.78, 5) is 22.1. The van der Waals surface area contributed by atoms with Crippen LogP contribution in [0.15, 0.2) is 40.9 Å². The van der Waals surface area contributed by atoms with Gasteiger partial charge in [-0.2, -0.15) is 0 Å². The summed E-state index contributed by atoms with van der Waals surface area (Å²) < 4.78 is 0.794. The number of phenolic OH excluding ortho intramolecular Hbond substituents is 1. The number of anilines is 1. The van der Waals surface area contributed by atoms with Crippen LogP contribution >= 0.6 is 28.1 Å². The molecule has 0 unspecified atom stereocenters. The van der Waals surface area contributed by atoms with Crippen molar-refractivity contribution in [3.05, 3.63) is 62.1 Å². The fourth-order valence-corrected chi connectivity index (χ4v) is 2.38. The number of nitro groups is 1. The molecule has 2 aromatic rings. The van der Waals surface area contributed by atoms with Gasteiger partial charge in [0.15, 0.2) is 5.11 Å². The third-order valence-electron chi connectivity index (χ3n) is 3.10. The number of nitrogens with one attached hydrogen (secondary N) is 2. The molecule has 0 aromatic heterocycles. The number of aromatic hydroxyl groups is 1. The number of halogens is 1. The van der Waals surface area contributed by atoms with Crippen LogP contribution in [-0.4, -0.2) is 21.0 Å². The zero-order chi connectivity index (χ0) is 17.9. The number of nitrogens with zero attached hydrogens (tertiary/aromatic N) is 1. The number of amides is 1. The Hall–Kier alpha value is -2.52. The number of carbonyl (C=O) groups is 1. The van der Waals surface area contributed by atoms with E-state index in [1.807, 2.05) is 6.92 Å². The number of aryl methyl sites for hydroxylation is 1. The van der Waals surface area contributed by atoms with E-state index in [9.17, 15) is 20.0 Å². The van der Waals surface area contributed by atoms with Gasteiger partial charge in [0, 0.05) is 16.1 Å². The highest BCUT2D eigenvalue weighted by Crippen LogP contribution is 2.27. The Bertz CT molecular complexity index is 841. The van der Waals surface area contributed by atoms with Crippen molar-refractivity contribution in [2.24, 2.45) is 0 Å². The van der Waals surface area contributed by atoms with E-state index >= 15 is 0 Å². The molecule has 7 nitrogen and oxygen atoms in total. The number of carbonyl (C=O) groups excluding carboxylic acids is 1. The lowest BCUT2D eigenvalue weighted by Gasteiger charge is -2.11. The van der Waals surface area contributed by atoms with Gasteiger partial charge in [-0.3, -0.25) is 20.2 Å². The van der Waals surface area contributed by atoms with Crippen molar-refractivity contribution < 1.29 is 14.8 Å². The Balaban J connectivity index is 2.06. The first-order valence-corrected chi connectivity index (χ1v) is 7.84. The Kier molecular flexibility index (Phi) is 5.47. The number of benzene rings is 2. The van der Waals surface area contributed by atoms with Crippen LogP contribution in [0.3, 0.4) is 0 Å². The lowest BCUT2D eigenvalue weighted by atomic mass is 10.1. The molecule has 0 bridgehead atoms. The number of hydrogen-bond donors (Lipinski definition) is 3. The van der Waals surface area contributed by atoms with Gasteiger partial charge in [-0.15, -0.1) is 0 Å². The molecule has 0 aliphatic carbocycles.